The average molecular weight is 367 g/mol. The number of halogens is 1. The van der Waals surface area contributed by atoms with Gasteiger partial charge in [0.05, 0.1) is 47.1 Å². The number of nitrogens with zero attached hydrogens (tertiary/aromatic N) is 2. The van der Waals surface area contributed by atoms with Gasteiger partial charge < -0.3 is 9.84 Å². The van der Waals surface area contributed by atoms with Crippen LogP contribution in [0.4, 0.5) is 0 Å². The standard InChI is InChI=1S/C12H19BrN2O4S/c1-19-4-3-15-12(10(13)7-14-15)11(16)6-9-2-5-20(17,18)8-9/h7,9,11,16H,2-6,8H2,1H3. The molecule has 0 amide bonds. The van der Waals surface area contributed by atoms with E-state index in [1.807, 2.05) is 0 Å². The Labute approximate surface area is 127 Å². The maximum absolute atomic E-state index is 11.5. The molecule has 2 atom stereocenters. The number of aliphatic hydroxyl groups excluding tert-OH is 1. The van der Waals surface area contributed by atoms with E-state index in [4.69, 9.17) is 4.74 Å². The highest BCUT2D eigenvalue weighted by Gasteiger charge is 2.31. The first-order valence-electron chi connectivity index (χ1n) is 6.51. The van der Waals surface area contributed by atoms with Crippen LogP contribution >= 0.6 is 15.9 Å². The summed E-state index contributed by atoms with van der Waals surface area (Å²) < 4.78 is 30.4. The van der Waals surface area contributed by atoms with Gasteiger partial charge in [-0.05, 0) is 34.7 Å². The molecule has 1 aromatic heterocycles. The molecule has 0 aliphatic carbocycles. The van der Waals surface area contributed by atoms with E-state index in [-0.39, 0.29) is 17.4 Å². The maximum Gasteiger partial charge on any atom is 0.150 e. The minimum absolute atomic E-state index is 0.0210. The van der Waals surface area contributed by atoms with Gasteiger partial charge in [0.2, 0.25) is 0 Å². The van der Waals surface area contributed by atoms with Crippen molar-refractivity contribution in [3.05, 3.63) is 16.4 Å². The largest absolute Gasteiger partial charge is 0.387 e. The molecule has 0 saturated carbocycles. The second-order valence-electron chi connectivity index (χ2n) is 5.11. The van der Waals surface area contributed by atoms with Crippen LogP contribution in [0.5, 0.6) is 0 Å². The molecule has 0 spiro atoms. The fourth-order valence-corrected chi connectivity index (χ4v) is 4.99. The lowest BCUT2D eigenvalue weighted by Crippen LogP contribution is -2.16. The number of ether oxygens (including phenoxy) is 1. The second kappa shape index (κ2) is 6.55. The van der Waals surface area contributed by atoms with Crippen LogP contribution in [0.15, 0.2) is 10.7 Å². The van der Waals surface area contributed by atoms with Crippen LogP contribution in [0.3, 0.4) is 0 Å². The summed E-state index contributed by atoms with van der Waals surface area (Å²) in [6.07, 6.45) is 1.99. The van der Waals surface area contributed by atoms with Gasteiger partial charge in [-0.3, -0.25) is 4.68 Å². The van der Waals surface area contributed by atoms with Gasteiger partial charge in [-0.15, -0.1) is 0 Å². The van der Waals surface area contributed by atoms with Crippen molar-refractivity contribution in [3.8, 4) is 0 Å². The van der Waals surface area contributed by atoms with E-state index in [1.54, 1.807) is 18.0 Å². The molecule has 2 unspecified atom stereocenters. The SMILES string of the molecule is COCCn1ncc(Br)c1C(O)CC1CCS(=O)(=O)C1. The average Bonchev–Trinajstić information content (AvgIpc) is 2.89. The lowest BCUT2D eigenvalue weighted by atomic mass is 9.99. The van der Waals surface area contributed by atoms with Crippen LogP contribution in [0, 0.1) is 5.92 Å². The second-order valence-corrected chi connectivity index (χ2v) is 8.20. The molecule has 1 aliphatic rings. The normalized spacial score (nSPS) is 23.1. The number of hydrogen-bond donors (Lipinski definition) is 1. The lowest BCUT2D eigenvalue weighted by Gasteiger charge is -2.17. The van der Waals surface area contributed by atoms with E-state index in [0.29, 0.717) is 31.7 Å². The maximum atomic E-state index is 11.5. The summed E-state index contributed by atoms with van der Waals surface area (Å²) in [5, 5.41) is 14.6. The quantitative estimate of drug-likeness (QED) is 0.816. The van der Waals surface area contributed by atoms with Crippen LogP contribution in [-0.4, -0.2) is 48.5 Å². The van der Waals surface area contributed by atoms with Crippen molar-refractivity contribution in [2.75, 3.05) is 25.2 Å². The summed E-state index contributed by atoms with van der Waals surface area (Å²) in [6.45, 7) is 1.06. The summed E-state index contributed by atoms with van der Waals surface area (Å²) >= 11 is 3.38. The van der Waals surface area contributed by atoms with Crippen molar-refractivity contribution in [1.82, 2.24) is 9.78 Å². The third kappa shape index (κ3) is 3.81. The molecule has 1 aromatic rings. The molecule has 2 rings (SSSR count). The van der Waals surface area contributed by atoms with Gasteiger partial charge in [0.25, 0.3) is 0 Å². The monoisotopic (exact) mass is 366 g/mol. The van der Waals surface area contributed by atoms with Gasteiger partial charge in [-0.25, -0.2) is 8.42 Å². The van der Waals surface area contributed by atoms with Gasteiger partial charge in [0, 0.05) is 7.11 Å². The first-order chi connectivity index (χ1) is 9.43. The Hall–Kier alpha value is -0.440. The zero-order chi connectivity index (χ0) is 14.8. The van der Waals surface area contributed by atoms with Crippen LogP contribution in [0.2, 0.25) is 0 Å². The van der Waals surface area contributed by atoms with Crippen LogP contribution in [-0.2, 0) is 21.1 Å². The van der Waals surface area contributed by atoms with Gasteiger partial charge in [-0.1, -0.05) is 0 Å². The fourth-order valence-electron chi connectivity index (χ4n) is 2.54. The number of sulfone groups is 1. The van der Waals surface area contributed by atoms with E-state index in [1.165, 1.54) is 0 Å². The van der Waals surface area contributed by atoms with Crippen molar-refractivity contribution in [1.29, 1.82) is 0 Å². The fraction of sp³-hybridized carbons (Fsp3) is 0.750. The topological polar surface area (TPSA) is 81.4 Å². The molecular formula is C12H19BrN2O4S. The number of methoxy groups -OCH3 is 1. The Morgan fingerprint density at radius 1 is 1.65 bits per heavy atom. The first-order valence-corrected chi connectivity index (χ1v) is 9.13. The minimum atomic E-state index is -2.91. The van der Waals surface area contributed by atoms with Crippen molar-refractivity contribution in [2.45, 2.75) is 25.5 Å². The zero-order valence-electron chi connectivity index (χ0n) is 11.3. The molecule has 114 valence electrons. The molecule has 2 heterocycles. The Balaban J connectivity index is 2.05. The van der Waals surface area contributed by atoms with E-state index in [2.05, 4.69) is 21.0 Å². The third-order valence-corrected chi connectivity index (χ3v) is 5.99. The highest BCUT2D eigenvalue weighted by Crippen LogP contribution is 2.32. The Morgan fingerprint density at radius 2 is 2.40 bits per heavy atom. The number of hydrogen-bond acceptors (Lipinski definition) is 5. The summed E-state index contributed by atoms with van der Waals surface area (Å²) in [7, 11) is -1.30. The lowest BCUT2D eigenvalue weighted by molar-refractivity contribution is 0.131. The smallest absolute Gasteiger partial charge is 0.150 e. The molecule has 20 heavy (non-hydrogen) atoms. The van der Waals surface area contributed by atoms with Crippen LogP contribution in [0.25, 0.3) is 0 Å². The minimum Gasteiger partial charge on any atom is -0.387 e. The molecule has 1 saturated heterocycles. The molecule has 1 N–H and O–H groups in total. The molecule has 8 heteroatoms. The van der Waals surface area contributed by atoms with Gasteiger partial charge in [-0.2, -0.15) is 5.10 Å². The van der Waals surface area contributed by atoms with E-state index in [0.717, 1.165) is 4.47 Å². The molecule has 0 aromatic carbocycles. The summed E-state index contributed by atoms with van der Waals surface area (Å²) in [6, 6.07) is 0. The van der Waals surface area contributed by atoms with Crippen LogP contribution in [0.1, 0.15) is 24.6 Å². The molecule has 1 aliphatic heterocycles. The van der Waals surface area contributed by atoms with E-state index in [9.17, 15) is 13.5 Å². The Kier molecular flexibility index (Phi) is 5.22. The van der Waals surface area contributed by atoms with Gasteiger partial charge in [0.1, 0.15) is 0 Å². The van der Waals surface area contributed by atoms with Crippen molar-refractivity contribution in [3.63, 3.8) is 0 Å². The van der Waals surface area contributed by atoms with Crippen molar-refractivity contribution in [2.24, 2.45) is 5.92 Å². The number of aliphatic hydroxyl groups is 1. The Bertz CT molecular complexity index is 558. The predicted molar refractivity (Wildman–Crippen MR) is 78.1 cm³/mol. The summed E-state index contributed by atoms with van der Waals surface area (Å²) in [5.41, 5.74) is 0.686. The number of rotatable bonds is 6. The van der Waals surface area contributed by atoms with Crippen molar-refractivity contribution < 1.29 is 18.3 Å². The molecular weight excluding hydrogens is 348 g/mol. The van der Waals surface area contributed by atoms with E-state index < -0.39 is 15.9 Å². The molecule has 0 radical (unpaired) electrons. The van der Waals surface area contributed by atoms with Gasteiger partial charge >= 0.3 is 0 Å². The van der Waals surface area contributed by atoms with Crippen LogP contribution < -0.4 is 0 Å². The predicted octanol–water partition coefficient (Wildman–Crippen LogP) is 1.15. The first kappa shape index (κ1) is 15.9. The zero-order valence-corrected chi connectivity index (χ0v) is 13.7. The summed E-state index contributed by atoms with van der Waals surface area (Å²) in [5.74, 6) is 0.426. The molecule has 1 fully saturated rings. The molecule has 0 bridgehead atoms. The number of aromatic nitrogens is 2. The highest BCUT2D eigenvalue weighted by molar-refractivity contribution is 9.10. The molecule has 6 nitrogen and oxygen atoms in total. The van der Waals surface area contributed by atoms with E-state index >= 15 is 0 Å². The third-order valence-electron chi connectivity index (χ3n) is 3.54. The Morgan fingerprint density at radius 3 is 3.00 bits per heavy atom. The summed E-state index contributed by atoms with van der Waals surface area (Å²) in [4.78, 5) is 0. The highest BCUT2D eigenvalue weighted by atomic mass is 79.9. The van der Waals surface area contributed by atoms with Gasteiger partial charge in [0.15, 0.2) is 9.84 Å². The van der Waals surface area contributed by atoms with Crippen molar-refractivity contribution >= 4 is 25.8 Å².